The van der Waals surface area contributed by atoms with Gasteiger partial charge in [-0.15, -0.1) is 0 Å². The number of amides is 1. The van der Waals surface area contributed by atoms with Gasteiger partial charge < -0.3 is 9.52 Å². The first-order valence-corrected chi connectivity index (χ1v) is 10.8. The van der Waals surface area contributed by atoms with Gasteiger partial charge in [0.15, 0.2) is 0 Å². The van der Waals surface area contributed by atoms with Gasteiger partial charge in [0.1, 0.15) is 15.8 Å². The maximum atomic E-state index is 12.8. The Balaban J connectivity index is 1.73. The Hall–Kier alpha value is -1.80. The molecule has 1 aromatic carbocycles. The summed E-state index contributed by atoms with van der Waals surface area (Å²) in [4.78, 5) is 25.5. The molecule has 3 rings (SSSR count). The normalized spacial score (nSPS) is 16.7. The molecule has 29 heavy (non-hydrogen) atoms. The number of halogens is 2. The highest BCUT2D eigenvalue weighted by Crippen LogP contribution is 2.36. The number of thiocarbonyl (C=S) groups is 1. The molecule has 1 N–H and O–H groups in total. The number of nitrogens with zero attached hydrogens (tertiary/aromatic N) is 1. The second kappa shape index (κ2) is 9.34. The molecule has 1 aromatic heterocycles. The van der Waals surface area contributed by atoms with Gasteiger partial charge in [0.2, 0.25) is 0 Å². The number of hydrogen-bond donors (Lipinski definition) is 1. The molecule has 2 heterocycles. The lowest BCUT2D eigenvalue weighted by Gasteiger charge is -2.22. The number of aliphatic carboxylic acids is 1. The van der Waals surface area contributed by atoms with Crippen molar-refractivity contribution >= 4 is 69.5 Å². The number of carboxylic acid groups (broad SMARTS) is 1. The molecule has 1 amide bonds. The average Bonchev–Trinajstić information content (AvgIpc) is 3.22. The van der Waals surface area contributed by atoms with E-state index >= 15 is 0 Å². The summed E-state index contributed by atoms with van der Waals surface area (Å²) >= 11 is 18.6. The second-order valence-electron chi connectivity index (χ2n) is 6.52. The molecule has 0 radical (unpaired) electrons. The topological polar surface area (TPSA) is 70.8 Å². The summed E-state index contributed by atoms with van der Waals surface area (Å²) in [6.45, 7) is 1.87. The predicted octanol–water partition coefficient (Wildman–Crippen LogP) is 6.10. The molecule has 152 valence electrons. The fourth-order valence-electron chi connectivity index (χ4n) is 2.90. The Morgan fingerprint density at radius 2 is 2.07 bits per heavy atom. The number of rotatable bonds is 7. The van der Waals surface area contributed by atoms with Gasteiger partial charge in [-0.2, -0.15) is 0 Å². The smallest absolute Gasteiger partial charge is 0.303 e. The van der Waals surface area contributed by atoms with Crippen LogP contribution in [0.5, 0.6) is 0 Å². The van der Waals surface area contributed by atoms with Gasteiger partial charge in [-0.1, -0.05) is 47.2 Å². The third-order valence-electron chi connectivity index (χ3n) is 4.38. The lowest BCUT2D eigenvalue weighted by molar-refractivity contribution is -0.137. The van der Waals surface area contributed by atoms with Crippen molar-refractivity contribution < 1.29 is 19.1 Å². The summed E-state index contributed by atoms with van der Waals surface area (Å²) < 4.78 is 6.28. The molecule has 9 heteroatoms. The number of thioether (sulfide) groups is 1. The lowest BCUT2D eigenvalue weighted by Crippen LogP contribution is -2.36. The zero-order valence-corrected chi connectivity index (χ0v) is 18.5. The van der Waals surface area contributed by atoms with Crippen molar-refractivity contribution in [1.82, 2.24) is 4.90 Å². The fourth-order valence-corrected chi connectivity index (χ4v) is 4.64. The van der Waals surface area contributed by atoms with E-state index in [-0.39, 0.29) is 18.4 Å². The molecule has 1 atom stereocenters. The molecule has 1 saturated heterocycles. The Morgan fingerprint density at radius 1 is 1.31 bits per heavy atom. The van der Waals surface area contributed by atoms with Crippen LogP contribution in [0.1, 0.15) is 31.9 Å². The third kappa shape index (κ3) is 5.22. The van der Waals surface area contributed by atoms with E-state index in [1.807, 2.05) is 6.92 Å². The quantitative estimate of drug-likeness (QED) is 0.390. The molecule has 1 aliphatic rings. The Bertz CT molecular complexity index is 1000. The molecule has 5 nitrogen and oxygen atoms in total. The minimum Gasteiger partial charge on any atom is -0.481 e. The first kappa shape index (κ1) is 21.9. The summed E-state index contributed by atoms with van der Waals surface area (Å²) in [6.07, 6.45) is 2.77. The van der Waals surface area contributed by atoms with E-state index in [2.05, 4.69) is 0 Å². The summed E-state index contributed by atoms with van der Waals surface area (Å²) in [6, 6.07) is 8.59. The average molecular weight is 470 g/mol. The SMILES string of the molecule is CC(CCCC(=O)O)N1C(=O)/C(=C\c2ccc(-c3ccc(Cl)c(Cl)c3)o2)SC1=S. The summed E-state index contributed by atoms with van der Waals surface area (Å²) in [7, 11) is 0. The van der Waals surface area contributed by atoms with Crippen LogP contribution in [0, 0.1) is 0 Å². The van der Waals surface area contributed by atoms with E-state index in [0.29, 0.717) is 43.6 Å². The van der Waals surface area contributed by atoms with Crippen LogP contribution in [-0.2, 0) is 9.59 Å². The van der Waals surface area contributed by atoms with E-state index in [0.717, 1.165) is 5.56 Å². The highest BCUT2D eigenvalue weighted by Gasteiger charge is 2.35. The van der Waals surface area contributed by atoms with Crippen molar-refractivity contribution in [2.45, 2.75) is 32.2 Å². The van der Waals surface area contributed by atoms with Crippen molar-refractivity contribution in [2.75, 3.05) is 0 Å². The molecular weight excluding hydrogens is 453 g/mol. The van der Waals surface area contributed by atoms with Crippen molar-refractivity contribution in [3.63, 3.8) is 0 Å². The van der Waals surface area contributed by atoms with Crippen LogP contribution in [-0.4, -0.2) is 32.2 Å². The third-order valence-corrected chi connectivity index (χ3v) is 6.45. The molecule has 0 spiro atoms. The summed E-state index contributed by atoms with van der Waals surface area (Å²) in [5, 5.41) is 9.66. The van der Waals surface area contributed by atoms with Crippen LogP contribution < -0.4 is 0 Å². The Labute approximate surface area is 187 Å². The minimum atomic E-state index is -0.849. The zero-order chi connectivity index (χ0) is 21.1. The molecule has 2 aromatic rings. The van der Waals surface area contributed by atoms with Gasteiger partial charge in [-0.25, -0.2) is 0 Å². The maximum absolute atomic E-state index is 12.8. The fraction of sp³-hybridized carbons (Fsp3) is 0.250. The predicted molar refractivity (Wildman–Crippen MR) is 120 cm³/mol. The molecule has 0 aliphatic carbocycles. The molecule has 1 aliphatic heterocycles. The number of hydrogen-bond acceptors (Lipinski definition) is 5. The summed E-state index contributed by atoms with van der Waals surface area (Å²) in [5.74, 6) is 0.0748. The van der Waals surface area contributed by atoms with Crippen LogP contribution in [0.3, 0.4) is 0 Å². The number of carboxylic acids is 1. The van der Waals surface area contributed by atoms with Crippen LogP contribution in [0.25, 0.3) is 17.4 Å². The van der Waals surface area contributed by atoms with E-state index in [1.54, 1.807) is 36.4 Å². The Kier molecular flexibility index (Phi) is 7.05. The van der Waals surface area contributed by atoms with E-state index in [9.17, 15) is 9.59 Å². The van der Waals surface area contributed by atoms with Crippen LogP contribution in [0.4, 0.5) is 0 Å². The molecule has 1 fully saturated rings. The summed E-state index contributed by atoms with van der Waals surface area (Å²) in [5.41, 5.74) is 0.777. The number of carbonyl (C=O) groups excluding carboxylic acids is 1. The van der Waals surface area contributed by atoms with Crippen molar-refractivity contribution in [2.24, 2.45) is 0 Å². The zero-order valence-electron chi connectivity index (χ0n) is 15.4. The van der Waals surface area contributed by atoms with Gasteiger partial charge in [-0.3, -0.25) is 14.5 Å². The minimum absolute atomic E-state index is 0.0683. The standard InChI is InChI=1S/C20H17Cl2NO4S2/c1-11(3-2-4-18(24)25)23-19(26)17(29-20(23)28)10-13-6-8-16(27-13)12-5-7-14(21)15(22)9-12/h5-11H,2-4H2,1H3,(H,24,25)/b17-10+. The van der Waals surface area contributed by atoms with Crippen LogP contribution >= 0.6 is 47.2 Å². The first-order valence-electron chi connectivity index (χ1n) is 8.80. The van der Waals surface area contributed by atoms with Gasteiger partial charge in [0.05, 0.1) is 15.0 Å². The lowest BCUT2D eigenvalue weighted by atomic mass is 10.1. The van der Waals surface area contributed by atoms with Gasteiger partial charge in [0, 0.05) is 24.1 Å². The largest absolute Gasteiger partial charge is 0.481 e. The highest BCUT2D eigenvalue weighted by molar-refractivity contribution is 8.26. The molecule has 1 unspecified atom stereocenters. The first-order chi connectivity index (χ1) is 13.8. The molecular formula is C20H17Cl2NO4S2. The molecule has 0 saturated carbocycles. The highest BCUT2D eigenvalue weighted by atomic mass is 35.5. The molecule has 0 bridgehead atoms. The van der Waals surface area contributed by atoms with Crippen LogP contribution in [0.15, 0.2) is 39.7 Å². The Morgan fingerprint density at radius 3 is 2.76 bits per heavy atom. The monoisotopic (exact) mass is 469 g/mol. The van der Waals surface area contributed by atoms with E-state index < -0.39 is 5.97 Å². The van der Waals surface area contributed by atoms with E-state index in [4.69, 9.17) is 44.9 Å². The van der Waals surface area contributed by atoms with Crippen molar-refractivity contribution in [1.29, 1.82) is 0 Å². The van der Waals surface area contributed by atoms with Crippen molar-refractivity contribution in [3.05, 3.63) is 51.0 Å². The van der Waals surface area contributed by atoms with Gasteiger partial charge in [-0.05, 0) is 50.1 Å². The number of furan rings is 1. The van der Waals surface area contributed by atoms with Gasteiger partial charge >= 0.3 is 5.97 Å². The number of carbonyl (C=O) groups is 2. The second-order valence-corrected chi connectivity index (χ2v) is 9.01. The van der Waals surface area contributed by atoms with Crippen LogP contribution in [0.2, 0.25) is 10.0 Å². The maximum Gasteiger partial charge on any atom is 0.303 e. The van der Waals surface area contributed by atoms with Crippen molar-refractivity contribution in [3.8, 4) is 11.3 Å². The number of benzene rings is 1. The van der Waals surface area contributed by atoms with E-state index in [1.165, 1.54) is 16.7 Å². The van der Waals surface area contributed by atoms with Gasteiger partial charge in [0.25, 0.3) is 5.91 Å².